The van der Waals surface area contributed by atoms with Crippen LogP contribution in [0, 0.1) is 5.82 Å². The molecule has 6 heteroatoms. The number of carbonyl (C=O) groups is 1. The fourth-order valence-electron chi connectivity index (χ4n) is 1.38. The Morgan fingerprint density at radius 2 is 2.22 bits per heavy atom. The predicted octanol–water partition coefficient (Wildman–Crippen LogP) is 1.25. The molecule has 0 aliphatic heterocycles. The molecule has 0 radical (unpaired) electrons. The van der Waals surface area contributed by atoms with Crippen LogP contribution >= 0.6 is 0 Å². The lowest BCUT2D eigenvalue weighted by Crippen LogP contribution is -2.24. The summed E-state index contributed by atoms with van der Waals surface area (Å²) in [5, 5.41) is 19.0. The molecule has 2 aromatic rings. The minimum Gasteiger partial charge on any atom is -0.508 e. The molecule has 0 bridgehead atoms. The Balaban J connectivity index is 2.04. The summed E-state index contributed by atoms with van der Waals surface area (Å²) in [6.45, 7) is 0.160. The van der Waals surface area contributed by atoms with Crippen molar-refractivity contribution in [2.45, 2.75) is 6.54 Å². The lowest BCUT2D eigenvalue weighted by molar-refractivity contribution is 0.0946. The fourth-order valence-corrected chi connectivity index (χ4v) is 1.38. The van der Waals surface area contributed by atoms with Gasteiger partial charge in [-0.2, -0.15) is 10.2 Å². The molecule has 0 aliphatic carbocycles. The number of nitrogens with zero attached hydrogens (tertiary/aromatic N) is 2. The second-order valence-corrected chi connectivity index (χ2v) is 3.56. The van der Waals surface area contributed by atoms with Crippen LogP contribution in [0.3, 0.4) is 0 Å². The van der Waals surface area contributed by atoms with Crippen molar-refractivity contribution < 1.29 is 14.3 Å². The highest BCUT2D eigenvalue weighted by atomic mass is 19.1. The van der Waals surface area contributed by atoms with Crippen LogP contribution in [0.2, 0.25) is 0 Å². The van der Waals surface area contributed by atoms with Crippen LogP contribution in [-0.2, 0) is 6.54 Å². The van der Waals surface area contributed by atoms with E-state index >= 15 is 0 Å². The highest BCUT2D eigenvalue weighted by Crippen LogP contribution is 2.14. The first-order chi connectivity index (χ1) is 8.66. The lowest BCUT2D eigenvalue weighted by atomic mass is 10.2. The van der Waals surface area contributed by atoms with Crippen molar-refractivity contribution in [3.8, 4) is 5.75 Å². The number of rotatable bonds is 3. The van der Waals surface area contributed by atoms with Gasteiger partial charge >= 0.3 is 0 Å². The molecule has 2 rings (SSSR count). The third-order valence-corrected chi connectivity index (χ3v) is 2.25. The van der Waals surface area contributed by atoms with Crippen LogP contribution in [-0.4, -0.2) is 21.2 Å². The zero-order valence-corrected chi connectivity index (χ0v) is 9.30. The maximum Gasteiger partial charge on any atom is 0.254 e. The summed E-state index contributed by atoms with van der Waals surface area (Å²) in [4.78, 5) is 11.7. The van der Waals surface area contributed by atoms with Crippen molar-refractivity contribution in [1.29, 1.82) is 0 Å². The van der Waals surface area contributed by atoms with E-state index in [9.17, 15) is 9.18 Å². The van der Waals surface area contributed by atoms with Gasteiger partial charge in [0.15, 0.2) is 0 Å². The van der Waals surface area contributed by atoms with E-state index in [-0.39, 0.29) is 17.9 Å². The Kier molecular flexibility index (Phi) is 3.47. The van der Waals surface area contributed by atoms with Gasteiger partial charge in [-0.05, 0) is 24.3 Å². The first-order valence-electron chi connectivity index (χ1n) is 5.20. The summed E-state index contributed by atoms with van der Waals surface area (Å²) >= 11 is 0. The number of phenolic OH excluding ortho intramolecular Hbond substituents is 1. The van der Waals surface area contributed by atoms with Gasteiger partial charge in [-0.1, -0.05) is 0 Å². The average Bonchev–Trinajstić information content (AvgIpc) is 2.37. The zero-order chi connectivity index (χ0) is 13.0. The molecule has 0 fully saturated rings. The summed E-state index contributed by atoms with van der Waals surface area (Å²) in [6, 6.07) is 6.74. The standard InChI is InChI=1S/C12H10FN3O2/c13-11-6-9(17)3-4-10(11)12(18)14-7-8-2-1-5-15-16-8/h1-6,17H,7H2,(H,14,18). The van der Waals surface area contributed by atoms with E-state index in [0.29, 0.717) is 5.69 Å². The number of hydrogen-bond donors (Lipinski definition) is 2. The maximum atomic E-state index is 13.4. The van der Waals surface area contributed by atoms with Crippen LogP contribution in [0.1, 0.15) is 16.1 Å². The molecule has 0 unspecified atom stereocenters. The van der Waals surface area contributed by atoms with Gasteiger partial charge in [-0.3, -0.25) is 4.79 Å². The third kappa shape index (κ3) is 2.79. The van der Waals surface area contributed by atoms with E-state index < -0.39 is 11.7 Å². The zero-order valence-electron chi connectivity index (χ0n) is 9.30. The number of hydrogen-bond acceptors (Lipinski definition) is 4. The molecule has 92 valence electrons. The Morgan fingerprint density at radius 1 is 1.39 bits per heavy atom. The second-order valence-electron chi connectivity index (χ2n) is 3.56. The van der Waals surface area contributed by atoms with Crippen LogP contribution in [0.4, 0.5) is 4.39 Å². The van der Waals surface area contributed by atoms with Crippen LogP contribution < -0.4 is 5.32 Å². The minimum absolute atomic E-state index is 0.128. The molecule has 0 atom stereocenters. The van der Waals surface area contributed by atoms with Gasteiger partial charge < -0.3 is 10.4 Å². The van der Waals surface area contributed by atoms with Gasteiger partial charge in [-0.25, -0.2) is 4.39 Å². The summed E-state index contributed by atoms with van der Waals surface area (Å²) < 4.78 is 13.4. The topological polar surface area (TPSA) is 75.1 Å². The van der Waals surface area contributed by atoms with Crippen molar-refractivity contribution in [2.75, 3.05) is 0 Å². The van der Waals surface area contributed by atoms with E-state index in [1.807, 2.05) is 0 Å². The van der Waals surface area contributed by atoms with Gasteiger partial charge in [0.1, 0.15) is 11.6 Å². The van der Waals surface area contributed by atoms with Crippen molar-refractivity contribution in [2.24, 2.45) is 0 Å². The van der Waals surface area contributed by atoms with Crippen LogP contribution in [0.15, 0.2) is 36.5 Å². The number of nitrogens with one attached hydrogen (secondary N) is 1. The summed E-state index contributed by atoms with van der Waals surface area (Å²) in [6.07, 6.45) is 1.52. The number of aromatic hydroxyl groups is 1. The molecule has 1 aromatic heterocycles. The van der Waals surface area contributed by atoms with E-state index in [1.54, 1.807) is 12.1 Å². The largest absolute Gasteiger partial charge is 0.508 e. The number of halogens is 1. The third-order valence-electron chi connectivity index (χ3n) is 2.25. The van der Waals surface area contributed by atoms with Gasteiger partial charge in [0.2, 0.25) is 0 Å². The Labute approximate surface area is 102 Å². The SMILES string of the molecule is O=C(NCc1cccnn1)c1ccc(O)cc1F. The number of amides is 1. The Morgan fingerprint density at radius 3 is 2.89 bits per heavy atom. The quantitative estimate of drug-likeness (QED) is 0.856. The maximum absolute atomic E-state index is 13.4. The van der Waals surface area contributed by atoms with Crippen molar-refractivity contribution >= 4 is 5.91 Å². The van der Waals surface area contributed by atoms with Crippen LogP contribution in [0.25, 0.3) is 0 Å². The van der Waals surface area contributed by atoms with E-state index in [4.69, 9.17) is 5.11 Å². The number of phenols is 1. The molecule has 2 N–H and O–H groups in total. The van der Waals surface area contributed by atoms with Gasteiger partial charge in [-0.15, -0.1) is 0 Å². The molecule has 0 spiro atoms. The van der Waals surface area contributed by atoms with Gasteiger partial charge in [0.05, 0.1) is 17.8 Å². The van der Waals surface area contributed by atoms with Crippen LogP contribution in [0.5, 0.6) is 5.75 Å². The van der Waals surface area contributed by atoms with Crippen molar-refractivity contribution in [3.05, 3.63) is 53.6 Å². The van der Waals surface area contributed by atoms with Gasteiger partial charge in [0.25, 0.3) is 5.91 Å². The first kappa shape index (κ1) is 12.0. The number of carbonyl (C=O) groups excluding carboxylic acids is 1. The summed E-state index contributed by atoms with van der Waals surface area (Å²) in [5.41, 5.74) is 0.446. The fraction of sp³-hybridized carbons (Fsp3) is 0.0833. The molecule has 1 aromatic carbocycles. The van der Waals surface area contributed by atoms with Crippen molar-refractivity contribution in [1.82, 2.24) is 15.5 Å². The van der Waals surface area contributed by atoms with E-state index in [0.717, 1.165) is 6.07 Å². The Hall–Kier alpha value is -2.50. The smallest absolute Gasteiger partial charge is 0.254 e. The monoisotopic (exact) mass is 247 g/mol. The molecule has 0 saturated carbocycles. The van der Waals surface area contributed by atoms with Crippen molar-refractivity contribution in [3.63, 3.8) is 0 Å². The molecule has 0 aliphatic rings. The average molecular weight is 247 g/mol. The second kappa shape index (κ2) is 5.22. The summed E-state index contributed by atoms with van der Waals surface area (Å²) in [5.74, 6) is -1.57. The molecule has 1 heterocycles. The number of benzene rings is 1. The normalized spacial score (nSPS) is 10.1. The van der Waals surface area contributed by atoms with Gasteiger partial charge in [0, 0.05) is 12.3 Å². The predicted molar refractivity (Wildman–Crippen MR) is 61.3 cm³/mol. The molecule has 0 saturated heterocycles. The number of aromatic nitrogens is 2. The lowest BCUT2D eigenvalue weighted by Gasteiger charge is -2.05. The molecule has 18 heavy (non-hydrogen) atoms. The minimum atomic E-state index is -0.772. The molecule has 1 amide bonds. The van der Waals surface area contributed by atoms with E-state index in [1.165, 1.54) is 18.3 Å². The molecular formula is C12H10FN3O2. The highest BCUT2D eigenvalue weighted by Gasteiger charge is 2.11. The first-order valence-corrected chi connectivity index (χ1v) is 5.20. The molecule has 5 nitrogen and oxygen atoms in total. The molecular weight excluding hydrogens is 237 g/mol. The highest BCUT2D eigenvalue weighted by molar-refractivity contribution is 5.94. The van der Waals surface area contributed by atoms with E-state index in [2.05, 4.69) is 15.5 Å². The Bertz CT molecular complexity index is 561. The summed E-state index contributed by atoms with van der Waals surface area (Å²) in [7, 11) is 0.